The number of halogens is 1. The second-order valence-corrected chi connectivity index (χ2v) is 10.6. The predicted octanol–water partition coefficient (Wildman–Crippen LogP) is 3.46. The number of nitrogens with zero attached hydrogens (tertiary/aromatic N) is 1. The summed E-state index contributed by atoms with van der Waals surface area (Å²) in [7, 11) is -3.51. The molecule has 0 aliphatic carbocycles. The van der Waals surface area contributed by atoms with E-state index < -0.39 is 9.84 Å². The molecule has 0 fully saturated rings. The van der Waals surface area contributed by atoms with Crippen molar-refractivity contribution in [2.24, 2.45) is 0 Å². The van der Waals surface area contributed by atoms with E-state index in [-0.39, 0.29) is 28.5 Å². The van der Waals surface area contributed by atoms with E-state index in [4.69, 9.17) is 11.6 Å². The molecule has 156 valence electrons. The minimum absolute atomic E-state index is 0.0656. The number of benzene rings is 2. The van der Waals surface area contributed by atoms with Gasteiger partial charge in [0.05, 0.1) is 10.6 Å². The van der Waals surface area contributed by atoms with E-state index in [1.54, 1.807) is 0 Å². The number of hydrogen-bond donors (Lipinski definition) is 1. The lowest BCUT2D eigenvalue weighted by atomic mass is 9.94. The summed E-state index contributed by atoms with van der Waals surface area (Å²) in [5, 5.41) is 3.39. The maximum atomic E-state index is 12.4. The summed E-state index contributed by atoms with van der Waals surface area (Å²) in [5.74, 6) is -0.481. The van der Waals surface area contributed by atoms with Crippen LogP contribution in [0.5, 0.6) is 0 Å². The first-order chi connectivity index (χ1) is 13.7. The maximum Gasteiger partial charge on any atom is 0.221 e. The Bertz CT molecular complexity index is 972. The van der Waals surface area contributed by atoms with E-state index in [9.17, 15) is 13.2 Å². The lowest BCUT2D eigenvalue weighted by Gasteiger charge is -2.41. The molecule has 0 saturated heterocycles. The molecule has 1 amide bonds. The van der Waals surface area contributed by atoms with Crippen LogP contribution < -0.4 is 5.32 Å². The van der Waals surface area contributed by atoms with Crippen molar-refractivity contribution in [1.29, 1.82) is 0 Å². The molecule has 0 bridgehead atoms. The van der Waals surface area contributed by atoms with Gasteiger partial charge in [-0.25, -0.2) is 8.42 Å². The summed E-state index contributed by atoms with van der Waals surface area (Å²) in [6.45, 7) is 6.46. The monoisotopic (exact) mass is 434 g/mol. The highest BCUT2D eigenvalue weighted by atomic mass is 35.5. The third-order valence-electron chi connectivity index (χ3n) is 5.48. The molecular weight excluding hydrogens is 408 g/mol. The Morgan fingerprint density at radius 2 is 1.76 bits per heavy atom. The Morgan fingerprint density at radius 3 is 2.45 bits per heavy atom. The van der Waals surface area contributed by atoms with Crippen LogP contribution >= 0.6 is 11.6 Å². The molecule has 7 heteroatoms. The molecule has 3 rings (SSSR count). The molecule has 1 N–H and O–H groups in total. The lowest BCUT2D eigenvalue weighted by molar-refractivity contribution is -0.121. The summed E-state index contributed by atoms with van der Waals surface area (Å²) < 4.78 is 24.8. The van der Waals surface area contributed by atoms with Crippen molar-refractivity contribution in [3.8, 4) is 0 Å². The van der Waals surface area contributed by atoms with Gasteiger partial charge in [-0.3, -0.25) is 9.69 Å². The Morgan fingerprint density at radius 1 is 1.10 bits per heavy atom. The quantitative estimate of drug-likeness (QED) is 0.724. The average Bonchev–Trinajstić information content (AvgIpc) is 2.71. The highest BCUT2D eigenvalue weighted by Gasteiger charge is 2.30. The fourth-order valence-electron chi connectivity index (χ4n) is 3.51. The van der Waals surface area contributed by atoms with Crippen LogP contribution in [0.15, 0.2) is 53.4 Å². The van der Waals surface area contributed by atoms with Gasteiger partial charge in [-0.05, 0) is 55.7 Å². The molecule has 1 aliphatic rings. The Balaban J connectivity index is 1.51. The van der Waals surface area contributed by atoms with Crippen LogP contribution in [0.1, 0.15) is 31.4 Å². The van der Waals surface area contributed by atoms with Gasteiger partial charge in [-0.15, -0.1) is 0 Å². The van der Waals surface area contributed by atoms with Crippen molar-refractivity contribution >= 4 is 27.3 Å². The first kappa shape index (κ1) is 21.8. The standard InChI is InChI=1S/C22H27ClN2O3S/c1-22(2,25-13-11-17-5-3-4-6-18(17)15-25)16-24-21(26)12-14-29(27,28)20-9-7-19(23)8-10-20/h3-10H,11-16H2,1-2H3,(H,24,26). The molecule has 0 radical (unpaired) electrons. The molecular formula is C22H27ClN2O3S. The fraction of sp³-hybridized carbons (Fsp3) is 0.409. The molecule has 0 saturated carbocycles. The zero-order chi connectivity index (χ0) is 21.1. The van der Waals surface area contributed by atoms with Gasteiger partial charge in [0.2, 0.25) is 5.91 Å². The number of rotatable bonds is 7. The largest absolute Gasteiger partial charge is 0.354 e. The number of hydrogen-bond acceptors (Lipinski definition) is 4. The Labute approximate surface area is 178 Å². The second kappa shape index (κ2) is 8.86. The predicted molar refractivity (Wildman–Crippen MR) is 116 cm³/mol. The number of carbonyl (C=O) groups excluding carboxylic acids is 1. The zero-order valence-corrected chi connectivity index (χ0v) is 18.4. The van der Waals surface area contributed by atoms with Gasteiger partial charge >= 0.3 is 0 Å². The molecule has 1 aliphatic heterocycles. The highest BCUT2D eigenvalue weighted by Crippen LogP contribution is 2.25. The van der Waals surface area contributed by atoms with Crippen LogP contribution in [0, 0.1) is 0 Å². The van der Waals surface area contributed by atoms with Gasteiger partial charge in [0.25, 0.3) is 0 Å². The Kier molecular flexibility index (Phi) is 6.66. The SMILES string of the molecule is CC(C)(CNC(=O)CCS(=O)(=O)c1ccc(Cl)cc1)N1CCc2ccccc2C1. The first-order valence-corrected chi connectivity index (χ1v) is 11.8. The molecule has 0 unspecified atom stereocenters. The van der Waals surface area contributed by atoms with E-state index in [1.807, 2.05) is 0 Å². The van der Waals surface area contributed by atoms with Crippen LogP contribution in [-0.4, -0.2) is 43.6 Å². The van der Waals surface area contributed by atoms with Gasteiger partial charge in [-0.2, -0.15) is 0 Å². The van der Waals surface area contributed by atoms with E-state index in [1.165, 1.54) is 35.4 Å². The molecule has 1 heterocycles. The van der Waals surface area contributed by atoms with E-state index >= 15 is 0 Å². The Hall–Kier alpha value is -1.89. The van der Waals surface area contributed by atoms with Crippen LogP contribution in [0.25, 0.3) is 0 Å². The van der Waals surface area contributed by atoms with Gasteiger partial charge in [-0.1, -0.05) is 35.9 Å². The topological polar surface area (TPSA) is 66.5 Å². The van der Waals surface area contributed by atoms with Crippen molar-refractivity contribution in [2.45, 2.75) is 43.7 Å². The summed E-state index contributed by atoms with van der Waals surface area (Å²) >= 11 is 5.80. The number of carbonyl (C=O) groups is 1. The minimum atomic E-state index is -3.51. The molecule has 0 atom stereocenters. The normalized spacial score (nSPS) is 15.0. The molecule has 5 nitrogen and oxygen atoms in total. The average molecular weight is 435 g/mol. The first-order valence-electron chi connectivity index (χ1n) is 9.74. The minimum Gasteiger partial charge on any atom is -0.354 e. The van der Waals surface area contributed by atoms with Gasteiger partial charge in [0, 0.05) is 36.6 Å². The van der Waals surface area contributed by atoms with E-state index in [0.717, 1.165) is 19.5 Å². The number of sulfone groups is 1. The van der Waals surface area contributed by atoms with Crippen molar-refractivity contribution in [2.75, 3.05) is 18.8 Å². The summed E-state index contributed by atoms with van der Waals surface area (Å²) in [4.78, 5) is 14.8. The van der Waals surface area contributed by atoms with Crippen molar-refractivity contribution in [3.05, 3.63) is 64.7 Å². The molecule has 0 spiro atoms. The fourth-order valence-corrected chi connectivity index (χ4v) is 4.88. The third kappa shape index (κ3) is 5.59. The smallest absolute Gasteiger partial charge is 0.221 e. The lowest BCUT2D eigenvalue weighted by Crippen LogP contribution is -2.53. The number of nitrogens with one attached hydrogen (secondary N) is 1. The van der Waals surface area contributed by atoms with Crippen molar-refractivity contribution in [3.63, 3.8) is 0 Å². The number of amides is 1. The molecule has 2 aromatic carbocycles. The molecule has 2 aromatic rings. The van der Waals surface area contributed by atoms with E-state index in [0.29, 0.717) is 11.6 Å². The summed E-state index contributed by atoms with van der Waals surface area (Å²) in [6, 6.07) is 14.4. The van der Waals surface area contributed by atoms with Gasteiger partial charge < -0.3 is 5.32 Å². The maximum absolute atomic E-state index is 12.4. The van der Waals surface area contributed by atoms with Crippen LogP contribution in [0.4, 0.5) is 0 Å². The summed E-state index contributed by atoms with van der Waals surface area (Å²) in [6.07, 6.45) is 0.927. The molecule has 29 heavy (non-hydrogen) atoms. The van der Waals surface area contributed by atoms with Crippen molar-refractivity contribution in [1.82, 2.24) is 10.2 Å². The molecule has 0 aromatic heterocycles. The van der Waals surface area contributed by atoms with Crippen LogP contribution in [0.3, 0.4) is 0 Å². The van der Waals surface area contributed by atoms with Crippen LogP contribution in [-0.2, 0) is 27.6 Å². The van der Waals surface area contributed by atoms with Gasteiger partial charge in [0.15, 0.2) is 9.84 Å². The van der Waals surface area contributed by atoms with Gasteiger partial charge in [0.1, 0.15) is 0 Å². The third-order valence-corrected chi connectivity index (χ3v) is 7.46. The van der Waals surface area contributed by atoms with Crippen molar-refractivity contribution < 1.29 is 13.2 Å². The number of fused-ring (bicyclic) bond motifs is 1. The van der Waals surface area contributed by atoms with Crippen LogP contribution in [0.2, 0.25) is 5.02 Å². The summed E-state index contributed by atoms with van der Waals surface area (Å²) in [5.41, 5.74) is 2.49. The zero-order valence-electron chi connectivity index (χ0n) is 16.8. The van der Waals surface area contributed by atoms with E-state index in [2.05, 4.69) is 48.3 Å². The second-order valence-electron chi connectivity index (χ2n) is 8.05. The highest BCUT2D eigenvalue weighted by molar-refractivity contribution is 7.91.